The zero-order valence-electron chi connectivity index (χ0n) is 20.8. The van der Waals surface area contributed by atoms with Gasteiger partial charge in [0.1, 0.15) is 12.0 Å². The smallest absolute Gasteiger partial charge is 0.346 e. The van der Waals surface area contributed by atoms with Crippen molar-refractivity contribution in [2.24, 2.45) is 7.05 Å². The lowest BCUT2D eigenvalue weighted by atomic mass is 10.0. The number of nitrogens with one attached hydrogen (secondary N) is 4. The number of carbonyl (C=O) groups is 2. The summed E-state index contributed by atoms with van der Waals surface area (Å²) in [5.41, 5.74) is 5.14. The third kappa shape index (κ3) is 5.84. The standard InChI is InChI=1S/C24H24F3N9O2S/c1-13-9-21(32-31-13)36-20(11-19(34-36)23(38)28-12-15-5-7-29-39-15)30-22(37)14-3-4-17(24(25,26)27)16(10-14)18-6-8-35(2)33-18/h3-8,10-11,13,21,31-32H,9,12H2,1-2H3,(H,28,38)(H,30,37). The topological polar surface area (TPSA) is 131 Å². The van der Waals surface area contributed by atoms with E-state index in [1.54, 1.807) is 19.3 Å². The molecule has 204 valence electrons. The van der Waals surface area contributed by atoms with E-state index in [1.165, 1.54) is 39.2 Å². The number of benzene rings is 1. The number of hydrogen-bond acceptors (Lipinski definition) is 8. The van der Waals surface area contributed by atoms with Gasteiger partial charge in [-0.3, -0.25) is 19.7 Å². The van der Waals surface area contributed by atoms with Crippen LogP contribution >= 0.6 is 11.5 Å². The number of rotatable bonds is 7. The Kier molecular flexibility index (Phi) is 7.20. The Labute approximate surface area is 224 Å². The van der Waals surface area contributed by atoms with E-state index >= 15 is 0 Å². The molecule has 0 saturated carbocycles. The Balaban J connectivity index is 1.43. The third-order valence-electron chi connectivity index (χ3n) is 6.07. The van der Waals surface area contributed by atoms with Crippen LogP contribution in [0.5, 0.6) is 0 Å². The average molecular weight is 560 g/mol. The second-order valence-corrected chi connectivity index (χ2v) is 9.97. The number of alkyl halides is 3. The maximum Gasteiger partial charge on any atom is 0.417 e. The van der Waals surface area contributed by atoms with Crippen molar-refractivity contribution in [2.75, 3.05) is 5.32 Å². The van der Waals surface area contributed by atoms with Crippen molar-refractivity contribution in [3.63, 3.8) is 0 Å². The second kappa shape index (κ2) is 10.6. The zero-order valence-corrected chi connectivity index (χ0v) is 21.6. The van der Waals surface area contributed by atoms with Crippen LogP contribution < -0.4 is 21.5 Å². The summed E-state index contributed by atoms with van der Waals surface area (Å²) in [6.45, 7) is 2.22. The molecule has 4 heterocycles. The van der Waals surface area contributed by atoms with Gasteiger partial charge in [0.05, 0.1) is 17.8 Å². The Morgan fingerprint density at radius 1 is 1.13 bits per heavy atom. The van der Waals surface area contributed by atoms with E-state index in [4.69, 9.17) is 0 Å². The van der Waals surface area contributed by atoms with Crippen LogP contribution in [0.3, 0.4) is 0 Å². The average Bonchev–Trinajstić information content (AvgIpc) is 3.70. The minimum atomic E-state index is -4.64. The van der Waals surface area contributed by atoms with E-state index in [9.17, 15) is 22.8 Å². The first-order chi connectivity index (χ1) is 18.6. The van der Waals surface area contributed by atoms with Crippen LogP contribution in [0.15, 0.2) is 48.8 Å². The maximum absolute atomic E-state index is 13.7. The van der Waals surface area contributed by atoms with Crippen LogP contribution in [0.4, 0.5) is 19.0 Å². The van der Waals surface area contributed by atoms with Gasteiger partial charge in [0, 0.05) is 54.0 Å². The first kappa shape index (κ1) is 26.5. The third-order valence-corrected chi connectivity index (χ3v) is 6.81. The van der Waals surface area contributed by atoms with Gasteiger partial charge in [-0.25, -0.2) is 14.5 Å². The van der Waals surface area contributed by atoms with Gasteiger partial charge < -0.3 is 10.6 Å². The fourth-order valence-corrected chi connectivity index (χ4v) is 4.69. The van der Waals surface area contributed by atoms with Gasteiger partial charge in [0.15, 0.2) is 5.69 Å². The van der Waals surface area contributed by atoms with Gasteiger partial charge in [-0.1, -0.05) is 0 Å². The molecule has 39 heavy (non-hydrogen) atoms. The molecular formula is C24H24F3N9O2S. The first-order valence-electron chi connectivity index (χ1n) is 11.9. The minimum Gasteiger partial charge on any atom is -0.346 e. The number of anilines is 1. The highest BCUT2D eigenvalue weighted by Crippen LogP contribution is 2.37. The van der Waals surface area contributed by atoms with Crippen molar-refractivity contribution in [1.82, 2.24) is 40.1 Å². The number of nitrogens with zero attached hydrogens (tertiary/aromatic N) is 5. The van der Waals surface area contributed by atoms with E-state index in [-0.39, 0.29) is 47.1 Å². The van der Waals surface area contributed by atoms with Crippen molar-refractivity contribution in [3.05, 3.63) is 70.5 Å². The second-order valence-electron chi connectivity index (χ2n) is 9.05. The number of amides is 2. The van der Waals surface area contributed by atoms with Crippen molar-refractivity contribution in [3.8, 4) is 11.3 Å². The molecule has 0 aliphatic carbocycles. The summed E-state index contributed by atoms with van der Waals surface area (Å²) in [5, 5.41) is 14.0. The predicted octanol–water partition coefficient (Wildman–Crippen LogP) is 3.33. The first-order valence-corrected chi connectivity index (χ1v) is 12.7. The normalized spacial score (nSPS) is 17.4. The maximum atomic E-state index is 13.7. The van der Waals surface area contributed by atoms with Crippen LogP contribution in [0.25, 0.3) is 11.3 Å². The molecule has 3 aromatic heterocycles. The lowest BCUT2D eigenvalue weighted by Crippen LogP contribution is -2.32. The molecule has 1 aliphatic rings. The molecule has 4 aromatic rings. The highest BCUT2D eigenvalue weighted by atomic mass is 32.1. The van der Waals surface area contributed by atoms with Crippen LogP contribution in [-0.4, -0.2) is 41.8 Å². The van der Waals surface area contributed by atoms with Crippen molar-refractivity contribution >= 4 is 29.2 Å². The number of hydrogen-bond donors (Lipinski definition) is 4. The van der Waals surface area contributed by atoms with Gasteiger partial charge >= 0.3 is 6.18 Å². The molecule has 15 heteroatoms. The monoisotopic (exact) mass is 559 g/mol. The van der Waals surface area contributed by atoms with E-state index in [0.29, 0.717) is 6.42 Å². The summed E-state index contributed by atoms with van der Waals surface area (Å²) >= 11 is 1.26. The number of aryl methyl sites for hydroxylation is 1. The van der Waals surface area contributed by atoms with E-state index in [0.717, 1.165) is 23.1 Å². The van der Waals surface area contributed by atoms with Gasteiger partial charge in [-0.15, -0.1) is 0 Å². The van der Waals surface area contributed by atoms with E-state index in [1.807, 2.05) is 6.92 Å². The Bertz CT molecular complexity index is 1500. The summed E-state index contributed by atoms with van der Waals surface area (Å²) in [4.78, 5) is 26.9. The molecule has 1 fully saturated rings. The highest BCUT2D eigenvalue weighted by Gasteiger charge is 2.35. The molecule has 0 bridgehead atoms. The van der Waals surface area contributed by atoms with Crippen LogP contribution in [0.2, 0.25) is 0 Å². The molecule has 5 rings (SSSR count). The van der Waals surface area contributed by atoms with E-state index < -0.39 is 23.6 Å². The molecule has 0 spiro atoms. The molecule has 1 aromatic carbocycles. The summed E-state index contributed by atoms with van der Waals surface area (Å²) in [7, 11) is 1.59. The minimum absolute atomic E-state index is 0.0153. The van der Waals surface area contributed by atoms with Gasteiger partial charge in [-0.05, 0) is 48.8 Å². The fourth-order valence-electron chi connectivity index (χ4n) is 4.17. The molecular weight excluding hydrogens is 535 g/mol. The molecule has 1 saturated heterocycles. The van der Waals surface area contributed by atoms with Crippen LogP contribution in [0.1, 0.15) is 50.8 Å². The van der Waals surface area contributed by atoms with Gasteiger partial charge in [0.25, 0.3) is 11.8 Å². The predicted molar refractivity (Wildman–Crippen MR) is 136 cm³/mol. The SMILES string of the molecule is CC1CC(n2nc(C(=O)NCc3ccns3)cc2NC(=O)c2ccc(C(F)(F)F)c(-c3ccn(C)n3)c2)NN1. The molecule has 4 N–H and O–H groups in total. The number of carbonyl (C=O) groups excluding carboxylic acids is 2. The van der Waals surface area contributed by atoms with Crippen molar-refractivity contribution in [2.45, 2.75) is 38.3 Å². The van der Waals surface area contributed by atoms with Gasteiger partial charge in [-0.2, -0.15) is 23.4 Å². The lowest BCUT2D eigenvalue weighted by molar-refractivity contribution is -0.137. The summed E-state index contributed by atoms with van der Waals surface area (Å²) < 4.78 is 48.0. The number of hydrazine groups is 1. The molecule has 11 nitrogen and oxygen atoms in total. The fraction of sp³-hybridized carbons (Fsp3) is 0.292. The number of halogens is 3. The summed E-state index contributed by atoms with van der Waals surface area (Å²) in [5.74, 6) is -0.920. The Morgan fingerprint density at radius 2 is 1.95 bits per heavy atom. The Hall–Kier alpha value is -4.08. The lowest BCUT2D eigenvalue weighted by Gasteiger charge is -2.16. The molecule has 1 aliphatic heterocycles. The highest BCUT2D eigenvalue weighted by molar-refractivity contribution is 7.05. The summed E-state index contributed by atoms with van der Waals surface area (Å²) in [6.07, 6.45) is -1.26. The zero-order chi connectivity index (χ0) is 27.7. The van der Waals surface area contributed by atoms with E-state index in [2.05, 4.69) is 36.1 Å². The largest absolute Gasteiger partial charge is 0.417 e. The molecule has 0 radical (unpaired) electrons. The van der Waals surface area contributed by atoms with Crippen LogP contribution in [0, 0.1) is 0 Å². The number of aromatic nitrogens is 5. The Morgan fingerprint density at radius 3 is 2.59 bits per heavy atom. The van der Waals surface area contributed by atoms with Crippen molar-refractivity contribution < 1.29 is 22.8 Å². The van der Waals surface area contributed by atoms with Crippen LogP contribution in [-0.2, 0) is 19.8 Å². The molecule has 2 atom stereocenters. The molecule has 2 amide bonds. The molecule has 2 unspecified atom stereocenters. The van der Waals surface area contributed by atoms with Gasteiger partial charge in [0.2, 0.25) is 0 Å². The summed E-state index contributed by atoms with van der Waals surface area (Å²) in [6, 6.07) is 7.87. The van der Waals surface area contributed by atoms with Crippen molar-refractivity contribution in [1.29, 1.82) is 0 Å². The quantitative estimate of drug-likeness (QED) is 0.273.